The zero-order chi connectivity index (χ0) is 28.6. The molecule has 3 aromatic rings. The molecule has 1 saturated heterocycles. The third-order valence-corrected chi connectivity index (χ3v) is 8.37. The van der Waals surface area contributed by atoms with Crippen molar-refractivity contribution >= 4 is 40.4 Å². The standard InChI is InChI=1S/C32H32N4O4/c1-6-31(4,5)36-24-14-10-8-12-21(24)32(40,29(36)39)18-23-28(38)35-16-15-30(2,3)26-20(17-25(35)27(37)34-23)19-11-7-9-13-22(19)33-26/h6-17,23,33,40H,1,18H2,2-5H3,(H,34,37)/t23-,32-/m1/s1. The van der Waals surface area contributed by atoms with Crippen molar-refractivity contribution in [2.75, 3.05) is 4.90 Å². The van der Waals surface area contributed by atoms with Gasteiger partial charge in [-0.3, -0.25) is 19.3 Å². The minimum atomic E-state index is -2.01. The van der Waals surface area contributed by atoms with Crippen molar-refractivity contribution in [3.05, 3.63) is 96.0 Å². The maximum Gasteiger partial charge on any atom is 0.269 e. The topological polar surface area (TPSA) is 106 Å². The number of anilines is 1. The molecular weight excluding hydrogens is 504 g/mol. The van der Waals surface area contributed by atoms with Gasteiger partial charge in [0.2, 0.25) is 0 Å². The van der Waals surface area contributed by atoms with Gasteiger partial charge in [-0.05, 0) is 32.1 Å². The van der Waals surface area contributed by atoms with Gasteiger partial charge in [-0.15, -0.1) is 6.58 Å². The van der Waals surface area contributed by atoms with Crippen molar-refractivity contribution < 1.29 is 19.5 Å². The first-order chi connectivity index (χ1) is 18.9. The number of nitrogens with one attached hydrogen (secondary N) is 2. The fourth-order valence-corrected chi connectivity index (χ4v) is 6.00. The van der Waals surface area contributed by atoms with Gasteiger partial charge in [-0.2, -0.15) is 0 Å². The minimum Gasteiger partial charge on any atom is -0.375 e. The fourth-order valence-electron chi connectivity index (χ4n) is 6.00. The second-order valence-corrected chi connectivity index (χ2v) is 11.8. The lowest BCUT2D eigenvalue weighted by atomic mass is 9.84. The Kier molecular flexibility index (Phi) is 5.51. The number of hydrogen-bond acceptors (Lipinski definition) is 4. The summed E-state index contributed by atoms with van der Waals surface area (Å²) >= 11 is 0. The van der Waals surface area contributed by atoms with Gasteiger partial charge in [-0.1, -0.05) is 62.4 Å². The lowest BCUT2D eigenvalue weighted by Crippen LogP contribution is -2.58. The number of amides is 3. The van der Waals surface area contributed by atoms with Gasteiger partial charge in [-0.25, -0.2) is 0 Å². The number of aromatic amines is 1. The molecule has 2 aromatic carbocycles. The molecule has 2 atom stereocenters. The predicted molar refractivity (Wildman–Crippen MR) is 154 cm³/mol. The fraction of sp³-hybridized carbons (Fsp3) is 0.281. The summed E-state index contributed by atoms with van der Waals surface area (Å²) < 4.78 is 0. The minimum absolute atomic E-state index is 0.179. The number of carbonyl (C=O) groups excluding carboxylic acids is 3. The third kappa shape index (κ3) is 3.59. The van der Waals surface area contributed by atoms with E-state index in [-0.39, 0.29) is 12.1 Å². The Morgan fingerprint density at radius 3 is 2.52 bits per heavy atom. The number of allylic oxidation sites excluding steroid dienone is 1. The Bertz CT molecular complexity index is 1680. The molecule has 40 heavy (non-hydrogen) atoms. The van der Waals surface area contributed by atoms with E-state index in [1.54, 1.807) is 42.6 Å². The molecule has 6 rings (SSSR count). The molecule has 0 bridgehead atoms. The normalized spacial score (nSPS) is 23.7. The van der Waals surface area contributed by atoms with E-state index in [2.05, 4.69) is 16.9 Å². The lowest BCUT2D eigenvalue weighted by molar-refractivity contribution is -0.145. The maximum atomic E-state index is 13.9. The number of para-hydroxylation sites is 2. The number of H-pyrrole nitrogens is 1. The zero-order valence-corrected chi connectivity index (χ0v) is 23.0. The van der Waals surface area contributed by atoms with Crippen LogP contribution in [-0.4, -0.2) is 44.3 Å². The van der Waals surface area contributed by atoms with E-state index in [0.29, 0.717) is 11.3 Å². The van der Waals surface area contributed by atoms with E-state index >= 15 is 0 Å². The van der Waals surface area contributed by atoms with Crippen LogP contribution in [0.3, 0.4) is 0 Å². The summed E-state index contributed by atoms with van der Waals surface area (Å²) in [6.45, 7) is 11.6. The van der Waals surface area contributed by atoms with Crippen LogP contribution in [0.25, 0.3) is 17.0 Å². The van der Waals surface area contributed by atoms with Gasteiger partial charge >= 0.3 is 0 Å². The number of benzene rings is 2. The Hall–Kier alpha value is -4.43. The van der Waals surface area contributed by atoms with Crippen LogP contribution in [0.5, 0.6) is 0 Å². The van der Waals surface area contributed by atoms with Crippen LogP contribution in [-0.2, 0) is 25.4 Å². The third-order valence-electron chi connectivity index (χ3n) is 8.37. The molecule has 0 spiro atoms. The van der Waals surface area contributed by atoms with Crippen molar-refractivity contribution in [1.82, 2.24) is 15.2 Å². The maximum absolute atomic E-state index is 13.9. The molecule has 4 heterocycles. The van der Waals surface area contributed by atoms with Crippen LogP contribution >= 0.6 is 0 Å². The summed E-state index contributed by atoms with van der Waals surface area (Å²) in [6, 6.07) is 13.7. The van der Waals surface area contributed by atoms with Crippen LogP contribution in [0.15, 0.2) is 79.2 Å². The summed E-state index contributed by atoms with van der Waals surface area (Å²) in [5, 5.41) is 15.6. The van der Waals surface area contributed by atoms with Crippen LogP contribution in [0.1, 0.15) is 50.9 Å². The molecule has 1 fully saturated rings. The molecule has 3 amide bonds. The quantitative estimate of drug-likeness (QED) is 0.434. The molecule has 0 radical (unpaired) electrons. The summed E-state index contributed by atoms with van der Waals surface area (Å²) in [6.07, 6.45) is 6.58. The molecular formula is C32H32N4O4. The van der Waals surface area contributed by atoms with Gasteiger partial charge in [0.25, 0.3) is 17.7 Å². The molecule has 204 valence electrons. The second-order valence-electron chi connectivity index (χ2n) is 11.8. The number of piperazine rings is 1. The average molecular weight is 537 g/mol. The van der Waals surface area contributed by atoms with Gasteiger partial charge in [0.05, 0.1) is 11.2 Å². The summed E-state index contributed by atoms with van der Waals surface area (Å²) in [5.74, 6) is -1.45. The number of carbonyl (C=O) groups is 3. The van der Waals surface area contributed by atoms with Crippen molar-refractivity contribution in [2.24, 2.45) is 0 Å². The molecule has 1 aromatic heterocycles. The highest BCUT2D eigenvalue weighted by molar-refractivity contribution is 6.11. The molecule has 3 N–H and O–H groups in total. The molecule has 0 aliphatic carbocycles. The molecule has 3 aliphatic heterocycles. The number of aromatic nitrogens is 1. The largest absolute Gasteiger partial charge is 0.375 e. The first-order valence-corrected chi connectivity index (χ1v) is 13.4. The van der Waals surface area contributed by atoms with Crippen molar-refractivity contribution in [1.29, 1.82) is 0 Å². The van der Waals surface area contributed by atoms with Crippen LogP contribution < -0.4 is 10.2 Å². The second kappa shape index (κ2) is 8.53. The van der Waals surface area contributed by atoms with Crippen LogP contribution in [0.2, 0.25) is 0 Å². The zero-order valence-electron chi connectivity index (χ0n) is 23.0. The van der Waals surface area contributed by atoms with E-state index in [1.807, 2.05) is 58.0 Å². The number of rotatable bonds is 4. The average Bonchev–Trinajstić information content (AvgIpc) is 3.39. The Morgan fingerprint density at radius 2 is 1.77 bits per heavy atom. The first kappa shape index (κ1) is 25.8. The van der Waals surface area contributed by atoms with E-state index in [0.717, 1.165) is 22.2 Å². The van der Waals surface area contributed by atoms with E-state index in [1.165, 1.54) is 9.80 Å². The number of hydrogen-bond donors (Lipinski definition) is 3. The molecule has 8 heteroatoms. The van der Waals surface area contributed by atoms with Crippen molar-refractivity contribution in [3.63, 3.8) is 0 Å². The summed E-state index contributed by atoms with van der Waals surface area (Å²) in [4.78, 5) is 47.6. The van der Waals surface area contributed by atoms with Gasteiger partial charge in [0.15, 0.2) is 5.60 Å². The highest BCUT2D eigenvalue weighted by atomic mass is 16.3. The van der Waals surface area contributed by atoms with Gasteiger partial charge < -0.3 is 20.3 Å². The van der Waals surface area contributed by atoms with Crippen molar-refractivity contribution in [3.8, 4) is 0 Å². The Labute approximate surface area is 232 Å². The summed E-state index contributed by atoms with van der Waals surface area (Å²) in [5.41, 5.74) is 0.560. The van der Waals surface area contributed by atoms with Crippen LogP contribution in [0, 0.1) is 0 Å². The smallest absolute Gasteiger partial charge is 0.269 e. The van der Waals surface area contributed by atoms with E-state index in [9.17, 15) is 19.5 Å². The Balaban J connectivity index is 1.41. The lowest BCUT2D eigenvalue weighted by Gasteiger charge is -2.37. The summed E-state index contributed by atoms with van der Waals surface area (Å²) in [7, 11) is 0. The Morgan fingerprint density at radius 1 is 1.07 bits per heavy atom. The predicted octanol–water partition coefficient (Wildman–Crippen LogP) is 4.23. The monoisotopic (exact) mass is 536 g/mol. The number of nitrogens with zero attached hydrogens (tertiary/aromatic N) is 2. The van der Waals surface area contributed by atoms with E-state index in [4.69, 9.17) is 0 Å². The molecule has 3 aliphatic rings. The SMILES string of the molecule is C=CC(C)(C)N1C(=O)[C@@](O)(C[C@H]2NC(=O)C3=Cc4c([nH]c5ccccc45)C(C)(C)C=CN3C2=O)c2ccccc21. The number of fused-ring (bicyclic) bond motifs is 5. The van der Waals surface area contributed by atoms with Crippen molar-refractivity contribution in [2.45, 2.75) is 56.7 Å². The van der Waals surface area contributed by atoms with Gasteiger partial charge in [0.1, 0.15) is 11.7 Å². The van der Waals surface area contributed by atoms with Gasteiger partial charge in [0, 0.05) is 45.8 Å². The van der Waals surface area contributed by atoms with Crippen LogP contribution in [0.4, 0.5) is 5.69 Å². The highest BCUT2D eigenvalue weighted by Gasteiger charge is 2.55. The highest BCUT2D eigenvalue weighted by Crippen LogP contribution is 2.47. The van der Waals surface area contributed by atoms with E-state index < -0.39 is 40.3 Å². The molecule has 0 saturated carbocycles. The first-order valence-electron chi connectivity index (χ1n) is 13.4. The molecule has 0 unspecified atom stereocenters. The molecule has 8 nitrogen and oxygen atoms in total. The number of aliphatic hydroxyl groups is 1.